The van der Waals surface area contributed by atoms with E-state index >= 15 is 0 Å². The number of hydrogen-bond acceptors (Lipinski definition) is 5. The number of nitro groups is 1. The first-order valence-corrected chi connectivity index (χ1v) is 6.28. The van der Waals surface area contributed by atoms with Gasteiger partial charge in [0.15, 0.2) is 0 Å². The molecule has 0 saturated heterocycles. The van der Waals surface area contributed by atoms with Crippen LogP contribution in [-0.2, 0) is 6.42 Å². The zero-order chi connectivity index (χ0) is 15.1. The number of nitro benzene ring substituents is 1. The Hall–Kier alpha value is -2.97. The molecule has 9 heteroatoms. The lowest BCUT2D eigenvalue weighted by Gasteiger charge is -2.06. The molecule has 1 aromatic carbocycles. The molecule has 0 bridgehead atoms. The zero-order valence-electron chi connectivity index (χ0n) is 11.1. The summed E-state index contributed by atoms with van der Waals surface area (Å²) in [6.07, 6.45) is 2.85. The molecular formula is C12H14N6O3. The van der Waals surface area contributed by atoms with E-state index in [-0.39, 0.29) is 11.7 Å². The first-order chi connectivity index (χ1) is 10.1. The summed E-state index contributed by atoms with van der Waals surface area (Å²) in [6, 6.07) is 5.26. The largest absolute Gasteiger partial charge is 0.338 e. The van der Waals surface area contributed by atoms with Crippen LogP contribution < -0.4 is 10.6 Å². The maximum Gasteiger partial charge on any atom is 0.319 e. The van der Waals surface area contributed by atoms with Crippen LogP contribution in [0.5, 0.6) is 0 Å². The topological polar surface area (TPSA) is 126 Å². The Balaban J connectivity index is 1.70. The Kier molecular flexibility index (Phi) is 4.80. The molecule has 2 aromatic rings. The number of nitrogens with one attached hydrogen (secondary N) is 3. The second-order valence-corrected chi connectivity index (χ2v) is 4.22. The number of nitrogens with zero attached hydrogens (tertiary/aromatic N) is 3. The standard InChI is InChI=1S/C12H14N6O3/c19-12(13-7-1-2-11-14-8-15-17-11)16-9-3-5-10(6-4-9)18(20)21/h3-6,8H,1-2,7H2,(H2,13,16,19)(H,14,15,17). The molecule has 0 atom stereocenters. The molecule has 110 valence electrons. The molecule has 0 spiro atoms. The highest BCUT2D eigenvalue weighted by molar-refractivity contribution is 5.89. The minimum Gasteiger partial charge on any atom is -0.338 e. The Morgan fingerprint density at radius 3 is 2.71 bits per heavy atom. The number of amides is 2. The number of carbonyl (C=O) groups is 1. The molecule has 0 unspecified atom stereocenters. The molecule has 3 N–H and O–H groups in total. The van der Waals surface area contributed by atoms with Crippen LogP contribution >= 0.6 is 0 Å². The summed E-state index contributed by atoms with van der Waals surface area (Å²) in [4.78, 5) is 25.6. The van der Waals surface area contributed by atoms with Crippen molar-refractivity contribution in [2.24, 2.45) is 0 Å². The third kappa shape index (κ3) is 4.56. The monoisotopic (exact) mass is 290 g/mol. The average Bonchev–Trinajstić information content (AvgIpc) is 2.97. The lowest BCUT2D eigenvalue weighted by molar-refractivity contribution is -0.384. The summed E-state index contributed by atoms with van der Waals surface area (Å²) in [5.74, 6) is 0.771. The van der Waals surface area contributed by atoms with E-state index in [0.717, 1.165) is 12.2 Å². The lowest BCUT2D eigenvalue weighted by Crippen LogP contribution is -2.29. The van der Waals surface area contributed by atoms with E-state index in [4.69, 9.17) is 0 Å². The highest BCUT2D eigenvalue weighted by atomic mass is 16.6. The number of aromatic nitrogens is 3. The molecule has 2 amide bonds. The molecule has 0 aliphatic heterocycles. The molecule has 0 aliphatic carbocycles. The van der Waals surface area contributed by atoms with Crippen molar-refractivity contribution in [3.05, 3.63) is 46.5 Å². The molecule has 9 nitrogen and oxygen atoms in total. The molecule has 2 rings (SSSR count). The van der Waals surface area contributed by atoms with Gasteiger partial charge in [0.2, 0.25) is 0 Å². The Labute approximate surface area is 119 Å². The van der Waals surface area contributed by atoms with E-state index < -0.39 is 4.92 Å². The van der Waals surface area contributed by atoms with E-state index in [0.29, 0.717) is 18.7 Å². The van der Waals surface area contributed by atoms with Crippen molar-refractivity contribution in [2.45, 2.75) is 12.8 Å². The van der Waals surface area contributed by atoms with E-state index in [1.54, 1.807) is 0 Å². The summed E-state index contributed by atoms with van der Waals surface area (Å²) in [5.41, 5.74) is 0.473. The van der Waals surface area contributed by atoms with Crippen LogP contribution in [0.2, 0.25) is 0 Å². The Bertz CT molecular complexity index is 596. The summed E-state index contributed by atoms with van der Waals surface area (Å²) < 4.78 is 0. The second kappa shape index (κ2) is 6.98. The summed E-state index contributed by atoms with van der Waals surface area (Å²) in [7, 11) is 0. The molecular weight excluding hydrogens is 276 g/mol. The third-order valence-electron chi connectivity index (χ3n) is 2.68. The van der Waals surface area contributed by atoms with Crippen molar-refractivity contribution >= 4 is 17.4 Å². The van der Waals surface area contributed by atoms with Gasteiger partial charge in [-0.05, 0) is 18.6 Å². The van der Waals surface area contributed by atoms with E-state index in [1.165, 1.54) is 30.6 Å². The minimum absolute atomic E-state index is 0.0204. The van der Waals surface area contributed by atoms with Gasteiger partial charge in [0.25, 0.3) is 5.69 Å². The van der Waals surface area contributed by atoms with Gasteiger partial charge < -0.3 is 10.6 Å². The van der Waals surface area contributed by atoms with Crippen molar-refractivity contribution in [1.82, 2.24) is 20.5 Å². The summed E-state index contributed by atoms with van der Waals surface area (Å²) in [6.45, 7) is 0.486. The number of hydrogen-bond donors (Lipinski definition) is 3. The fraction of sp³-hybridized carbons (Fsp3) is 0.250. The van der Waals surface area contributed by atoms with E-state index in [2.05, 4.69) is 25.8 Å². The van der Waals surface area contributed by atoms with Gasteiger partial charge in [0.05, 0.1) is 4.92 Å². The number of urea groups is 1. The molecule has 1 heterocycles. The van der Waals surface area contributed by atoms with Crippen LogP contribution in [-0.4, -0.2) is 32.7 Å². The SMILES string of the molecule is O=C(NCCCc1ncn[nH]1)Nc1ccc([N+](=O)[O-])cc1. The van der Waals surface area contributed by atoms with Crippen LogP contribution in [0.15, 0.2) is 30.6 Å². The number of carbonyl (C=O) groups excluding carboxylic acids is 1. The van der Waals surface area contributed by atoms with Gasteiger partial charge in [-0.15, -0.1) is 0 Å². The molecule has 21 heavy (non-hydrogen) atoms. The Morgan fingerprint density at radius 2 is 2.10 bits per heavy atom. The quantitative estimate of drug-likeness (QED) is 0.422. The predicted octanol–water partition coefficient (Wildman–Crippen LogP) is 1.47. The van der Waals surface area contributed by atoms with Crippen LogP contribution in [0.1, 0.15) is 12.2 Å². The Morgan fingerprint density at radius 1 is 1.33 bits per heavy atom. The summed E-state index contributed by atoms with van der Waals surface area (Å²) in [5, 5.41) is 22.2. The van der Waals surface area contributed by atoms with Gasteiger partial charge in [0, 0.05) is 30.8 Å². The van der Waals surface area contributed by atoms with Gasteiger partial charge in [-0.25, -0.2) is 9.78 Å². The van der Waals surface area contributed by atoms with Crippen molar-refractivity contribution < 1.29 is 9.72 Å². The van der Waals surface area contributed by atoms with Crippen molar-refractivity contribution in [1.29, 1.82) is 0 Å². The highest BCUT2D eigenvalue weighted by Gasteiger charge is 2.06. The summed E-state index contributed by atoms with van der Waals surface area (Å²) >= 11 is 0. The van der Waals surface area contributed by atoms with Gasteiger partial charge in [-0.3, -0.25) is 15.2 Å². The number of aromatic amines is 1. The first kappa shape index (κ1) is 14.4. The maximum absolute atomic E-state index is 11.6. The third-order valence-corrected chi connectivity index (χ3v) is 2.68. The van der Waals surface area contributed by atoms with Crippen molar-refractivity contribution in [3.63, 3.8) is 0 Å². The first-order valence-electron chi connectivity index (χ1n) is 6.28. The molecule has 0 aliphatic rings. The van der Waals surface area contributed by atoms with Gasteiger partial charge in [0.1, 0.15) is 12.2 Å². The smallest absolute Gasteiger partial charge is 0.319 e. The fourth-order valence-corrected chi connectivity index (χ4v) is 1.65. The van der Waals surface area contributed by atoms with Gasteiger partial charge in [-0.2, -0.15) is 5.10 Å². The number of non-ortho nitro benzene ring substituents is 1. The number of rotatable bonds is 6. The molecule has 0 radical (unpaired) electrons. The van der Waals surface area contributed by atoms with E-state index in [9.17, 15) is 14.9 Å². The van der Waals surface area contributed by atoms with Crippen LogP contribution in [0.25, 0.3) is 0 Å². The lowest BCUT2D eigenvalue weighted by atomic mass is 10.3. The van der Waals surface area contributed by atoms with Crippen LogP contribution in [0.4, 0.5) is 16.2 Å². The number of benzene rings is 1. The van der Waals surface area contributed by atoms with Gasteiger partial charge >= 0.3 is 6.03 Å². The number of aryl methyl sites for hydroxylation is 1. The highest BCUT2D eigenvalue weighted by Crippen LogP contribution is 2.15. The van der Waals surface area contributed by atoms with Crippen LogP contribution in [0, 0.1) is 10.1 Å². The second-order valence-electron chi connectivity index (χ2n) is 4.22. The normalized spacial score (nSPS) is 10.1. The van der Waals surface area contributed by atoms with Gasteiger partial charge in [-0.1, -0.05) is 0 Å². The van der Waals surface area contributed by atoms with Crippen molar-refractivity contribution in [3.8, 4) is 0 Å². The average molecular weight is 290 g/mol. The minimum atomic E-state index is -0.493. The predicted molar refractivity (Wildman–Crippen MR) is 74.8 cm³/mol. The fourth-order valence-electron chi connectivity index (χ4n) is 1.65. The van der Waals surface area contributed by atoms with E-state index in [1.807, 2.05) is 0 Å². The van der Waals surface area contributed by atoms with Crippen molar-refractivity contribution in [2.75, 3.05) is 11.9 Å². The zero-order valence-corrected chi connectivity index (χ0v) is 11.1. The number of H-pyrrole nitrogens is 1. The molecule has 0 fully saturated rings. The maximum atomic E-state index is 11.6. The van der Waals surface area contributed by atoms with Crippen LogP contribution in [0.3, 0.4) is 0 Å². The molecule has 1 aromatic heterocycles. The molecule has 0 saturated carbocycles. The number of anilines is 1.